The van der Waals surface area contributed by atoms with Crippen LogP contribution in [0.2, 0.25) is 0 Å². The highest BCUT2D eigenvalue weighted by Gasteiger charge is 2.10. The summed E-state index contributed by atoms with van der Waals surface area (Å²) in [5.41, 5.74) is 3.19. The van der Waals surface area contributed by atoms with Gasteiger partial charge in [-0.05, 0) is 42.5 Å². The number of para-hydroxylation sites is 1. The molecule has 0 aliphatic carbocycles. The van der Waals surface area contributed by atoms with Gasteiger partial charge in [0.2, 0.25) is 5.91 Å². The molecule has 3 N–H and O–H groups in total. The second-order valence-corrected chi connectivity index (χ2v) is 5.93. The molecule has 0 atom stereocenters. The van der Waals surface area contributed by atoms with E-state index in [4.69, 9.17) is 5.26 Å². The first kappa shape index (κ1) is 18.6. The van der Waals surface area contributed by atoms with Crippen LogP contribution in [0.15, 0.2) is 66.9 Å². The number of nitriles is 1. The zero-order valence-electron chi connectivity index (χ0n) is 15.1. The minimum atomic E-state index is -0.401. The number of amides is 2. The van der Waals surface area contributed by atoms with Crippen LogP contribution >= 0.6 is 0 Å². The SMILES string of the molecule is CC(=O)Nc1cccc(Nc2ccc(C(=O)Nc3ccccc3C#N)nc2)c1. The molecule has 138 valence electrons. The number of rotatable bonds is 5. The minimum absolute atomic E-state index is 0.146. The van der Waals surface area contributed by atoms with E-state index in [2.05, 4.69) is 20.9 Å². The number of benzene rings is 2. The second-order valence-electron chi connectivity index (χ2n) is 5.93. The van der Waals surface area contributed by atoms with E-state index in [0.717, 1.165) is 5.69 Å². The van der Waals surface area contributed by atoms with Crippen LogP contribution in [0.3, 0.4) is 0 Å². The van der Waals surface area contributed by atoms with Gasteiger partial charge in [0.05, 0.1) is 23.1 Å². The lowest BCUT2D eigenvalue weighted by atomic mass is 10.2. The standard InChI is InChI=1S/C21H17N5O2/c1-14(27)24-16-6-4-7-17(11-16)25-18-9-10-20(23-13-18)21(28)26-19-8-3-2-5-15(19)12-22/h2-11,13,25H,1H3,(H,24,27)(H,26,28). The van der Waals surface area contributed by atoms with Crippen molar-refractivity contribution in [2.75, 3.05) is 16.0 Å². The lowest BCUT2D eigenvalue weighted by Crippen LogP contribution is -2.14. The normalized spacial score (nSPS) is 9.86. The summed E-state index contributed by atoms with van der Waals surface area (Å²) < 4.78 is 0. The summed E-state index contributed by atoms with van der Waals surface area (Å²) in [6.45, 7) is 1.45. The van der Waals surface area contributed by atoms with E-state index in [1.165, 1.54) is 13.1 Å². The Hall–Kier alpha value is -4.18. The van der Waals surface area contributed by atoms with E-state index in [-0.39, 0.29) is 11.6 Å². The van der Waals surface area contributed by atoms with E-state index in [1.54, 1.807) is 48.5 Å². The van der Waals surface area contributed by atoms with Gasteiger partial charge in [-0.25, -0.2) is 4.98 Å². The number of anilines is 4. The van der Waals surface area contributed by atoms with Crippen LogP contribution in [0.4, 0.5) is 22.7 Å². The third kappa shape index (κ3) is 4.71. The zero-order chi connectivity index (χ0) is 19.9. The van der Waals surface area contributed by atoms with Gasteiger partial charge in [-0.2, -0.15) is 5.26 Å². The first-order valence-corrected chi connectivity index (χ1v) is 8.46. The predicted molar refractivity (Wildman–Crippen MR) is 107 cm³/mol. The Morgan fingerprint density at radius 1 is 0.929 bits per heavy atom. The van der Waals surface area contributed by atoms with Crippen molar-refractivity contribution in [3.63, 3.8) is 0 Å². The maximum absolute atomic E-state index is 12.4. The average Bonchev–Trinajstić information content (AvgIpc) is 2.68. The summed E-state index contributed by atoms with van der Waals surface area (Å²) in [4.78, 5) is 27.7. The Balaban J connectivity index is 1.69. The number of hydrogen-bond donors (Lipinski definition) is 3. The molecule has 0 saturated heterocycles. The first-order chi connectivity index (χ1) is 13.5. The molecule has 0 aliphatic heterocycles. The lowest BCUT2D eigenvalue weighted by molar-refractivity contribution is -0.114. The molecule has 0 aliphatic rings. The fourth-order valence-corrected chi connectivity index (χ4v) is 2.52. The summed E-state index contributed by atoms with van der Waals surface area (Å²) in [6, 6.07) is 19.4. The van der Waals surface area contributed by atoms with Crippen molar-refractivity contribution in [1.82, 2.24) is 4.98 Å². The van der Waals surface area contributed by atoms with Crippen molar-refractivity contribution in [3.8, 4) is 6.07 Å². The van der Waals surface area contributed by atoms with E-state index in [0.29, 0.717) is 22.6 Å². The van der Waals surface area contributed by atoms with Gasteiger partial charge in [0, 0.05) is 18.3 Å². The van der Waals surface area contributed by atoms with Crippen LogP contribution in [0, 0.1) is 11.3 Å². The fourth-order valence-electron chi connectivity index (χ4n) is 2.52. The van der Waals surface area contributed by atoms with Gasteiger partial charge in [0.25, 0.3) is 5.91 Å². The highest BCUT2D eigenvalue weighted by Crippen LogP contribution is 2.20. The monoisotopic (exact) mass is 371 g/mol. The van der Waals surface area contributed by atoms with Gasteiger partial charge in [-0.1, -0.05) is 18.2 Å². The molecule has 3 aromatic rings. The van der Waals surface area contributed by atoms with Crippen LogP contribution < -0.4 is 16.0 Å². The van der Waals surface area contributed by atoms with Crippen LogP contribution in [-0.4, -0.2) is 16.8 Å². The predicted octanol–water partition coefficient (Wildman–Crippen LogP) is 3.91. The summed E-state index contributed by atoms with van der Waals surface area (Å²) >= 11 is 0. The first-order valence-electron chi connectivity index (χ1n) is 8.46. The number of carbonyl (C=O) groups excluding carboxylic acids is 2. The molecular formula is C21H17N5O2. The van der Waals surface area contributed by atoms with Crippen LogP contribution in [0.5, 0.6) is 0 Å². The topological polar surface area (TPSA) is 107 Å². The number of hydrogen-bond acceptors (Lipinski definition) is 5. The quantitative estimate of drug-likeness (QED) is 0.630. The van der Waals surface area contributed by atoms with Crippen molar-refractivity contribution in [3.05, 3.63) is 78.1 Å². The summed E-state index contributed by atoms with van der Waals surface area (Å²) in [6.07, 6.45) is 1.54. The zero-order valence-corrected chi connectivity index (χ0v) is 15.1. The van der Waals surface area contributed by atoms with Crippen molar-refractivity contribution in [1.29, 1.82) is 5.26 Å². The summed E-state index contributed by atoms with van der Waals surface area (Å²) in [5.74, 6) is -0.547. The molecule has 0 radical (unpaired) electrons. The summed E-state index contributed by atoms with van der Waals surface area (Å²) in [7, 11) is 0. The van der Waals surface area contributed by atoms with Crippen LogP contribution in [0.25, 0.3) is 0 Å². The van der Waals surface area contributed by atoms with Crippen LogP contribution in [-0.2, 0) is 4.79 Å². The molecule has 0 fully saturated rings. The van der Waals surface area contributed by atoms with Crippen LogP contribution in [0.1, 0.15) is 23.0 Å². The van der Waals surface area contributed by atoms with Gasteiger partial charge in [0.1, 0.15) is 11.8 Å². The Kier molecular flexibility index (Phi) is 5.63. The van der Waals surface area contributed by atoms with Gasteiger partial charge in [0.15, 0.2) is 0 Å². The number of carbonyl (C=O) groups is 2. The van der Waals surface area contributed by atoms with Gasteiger partial charge >= 0.3 is 0 Å². The Morgan fingerprint density at radius 2 is 1.71 bits per heavy atom. The van der Waals surface area contributed by atoms with E-state index in [1.807, 2.05) is 18.2 Å². The number of aromatic nitrogens is 1. The highest BCUT2D eigenvalue weighted by atomic mass is 16.2. The van der Waals surface area contributed by atoms with Crippen molar-refractivity contribution in [2.45, 2.75) is 6.92 Å². The molecule has 0 spiro atoms. The molecule has 28 heavy (non-hydrogen) atoms. The van der Waals surface area contributed by atoms with E-state index < -0.39 is 5.91 Å². The molecule has 7 nitrogen and oxygen atoms in total. The fraction of sp³-hybridized carbons (Fsp3) is 0.0476. The lowest BCUT2D eigenvalue weighted by Gasteiger charge is -2.10. The maximum Gasteiger partial charge on any atom is 0.274 e. The molecular weight excluding hydrogens is 354 g/mol. The van der Waals surface area contributed by atoms with E-state index in [9.17, 15) is 9.59 Å². The van der Waals surface area contributed by atoms with Crippen molar-refractivity contribution < 1.29 is 9.59 Å². The van der Waals surface area contributed by atoms with Gasteiger partial charge < -0.3 is 16.0 Å². The Bertz CT molecular complexity index is 1050. The van der Waals surface area contributed by atoms with Gasteiger partial charge in [-0.3, -0.25) is 9.59 Å². The third-order valence-electron chi connectivity index (χ3n) is 3.76. The molecule has 1 aromatic heterocycles. The number of nitrogens with zero attached hydrogens (tertiary/aromatic N) is 2. The Labute approximate surface area is 162 Å². The molecule has 3 rings (SSSR count). The van der Waals surface area contributed by atoms with Crippen molar-refractivity contribution >= 4 is 34.6 Å². The average molecular weight is 371 g/mol. The highest BCUT2D eigenvalue weighted by molar-refractivity contribution is 6.03. The van der Waals surface area contributed by atoms with E-state index >= 15 is 0 Å². The molecule has 0 unspecified atom stereocenters. The maximum atomic E-state index is 12.4. The molecule has 2 aromatic carbocycles. The molecule has 0 bridgehead atoms. The number of nitrogens with one attached hydrogen (secondary N) is 3. The van der Waals surface area contributed by atoms with Crippen molar-refractivity contribution in [2.24, 2.45) is 0 Å². The summed E-state index contributed by atoms with van der Waals surface area (Å²) in [5, 5.41) is 17.7. The smallest absolute Gasteiger partial charge is 0.274 e. The molecule has 1 heterocycles. The Morgan fingerprint density at radius 3 is 2.43 bits per heavy atom. The third-order valence-corrected chi connectivity index (χ3v) is 3.76. The largest absolute Gasteiger partial charge is 0.354 e. The minimum Gasteiger partial charge on any atom is -0.354 e. The molecule has 2 amide bonds. The molecule has 0 saturated carbocycles. The van der Waals surface area contributed by atoms with Gasteiger partial charge in [-0.15, -0.1) is 0 Å². The number of pyridine rings is 1. The molecule has 7 heteroatoms. The second kappa shape index (κ2) is 8.47.